The standard InChI is InChI=1S/C16H28N6O2.2ClH/c1-21(2)7-6-18-15(23)11-22-10-14(9-19-22)20-16(24)12-4-3-5-13(17)8-12;;/h9-10,12-13H,3-8,11,17H2,1-2H3,(H,18,23)(H,20,24);2*1H. The zero-order valence-electron chi connectivity index (χ0n) is 15.3. The van der Waals surface area contributed by atoms with Crippen LogP contribution in [0.25, 0.3) is 0 Å². The van der Waals surface area contributed by atoms with Crippen LogP contribution in [-0.4, -0.2) is 59.7 Å². The number of carbonyl (C=O) groups excluding carboxylic acids is 2. The van der Waals surface area contributed by atoms with Gasteiger partial charge < -0.3 is 21.3 Å². The molecule has 0 saturated heterocycles. The van der Waals surface area contributed by atoms with Crippen LogP contribution in [0.4, 0.5) is 5.69 Å². The van der Waals surface area contributed by atoms with Crippen LogP contribution >= 0.6 is 24.8 Å². The third-order valence-corrected chi connectivity index (χ3v) is 4.17. The summed E-state index contributed by atoms with van der Waals surface area (Å²) < 4.78 is 1.52. The summed E-state index contributed by atoms with van der Waals surface area (Å²) in [6, 6.07) is 0.114. The number of carbonyl (C=O) groups is 2. The molecule has 0 aliphatic heterocycles. The topological polar surface area (TPSA) is 105 Å². The Morgan fingerprint density at radius 2 is 2.08 bits per heavy atom. The van der Waals surface area contributed by atoms with Crippen molar-refractivity contribution < 1.29 is 9.59 Å². The molecule has 26 heavy (non-hydrogen) atoms. The first-order valence-electron chi connectivity index (χ1n) is 8.44. The number of amides is 2. The number of nitrogens with one attached hydrogen (secondary N) is 2. The van der Waals surface area contributed by atoms with E-state index in [2.05, 4.69) is 15.7 Å². The van der Waals surface area contributed by atoms with E-state index in [9.17, 15) is 9.59 Å². The molecule has 0 aromatic carbocycles. The lowest BCUT2D eigenvalue weighted by Crippen LogP contribution is -2.34. The van der Waals surface area contributed by atoms with E-state index in [0.29, 0.717) is 12.2 Å². The average Bonchev–Trinajstić information content (AvgIpc) is 2.93. The molecule has 2 atom stereocenters. The molecule has 1 saturated carbocycles. The lowest BCUT2D eigenvalue weighted by molar-refractivity contribution is -0.122. The SMILES string of the molecule is CN(C)CCNC(=O)Cn1cc(NC(=O)C2CCCC(N)C2)cn1.Cl.Cl. The fourth-order valence-electron chi connectivity index (χ4n) is 2.85. The third-order valence-electron chi connectivity index (χ3n) is 4.17. The van der Waals surface area contributed by atoms with Crippen LogP contribution in [0.1, 0.15) is 25.7 Å². The fourth-order valence-corrected chi connectivity index (χ4v) is 2.85. The molecule has 0 spiro atoms. The van der Waals surface area contributed by atoms with Crippen molar-refractivity contribution in [3.63, 3.8) is 0 Å². The quantitative estimate of drug-likeness (QED) is 0.620. The van der Waals surface area contributed by atoms with Gasteiger partial charge in [0.05, 0.1) is 11.9 Å². The van der Waals surface area contributed by atoms with Crippen molar-refractivity contribution in [2.24, 2.45) is 11.7 Å². The van der Waals surface area contributed by atoms with Crippen molar-refractivity contribution in [1.82, 2.24) is 20.0 Å². The molecule has 0 bridgehead atoms. The zero-order valence-corrected chi connectivity index (χ0v) is 16.9. The first-order chi connectivity index (χ1) is 11.4. The molecule has 4 N–H and O–H groups in total. The average molecular weight is 409 g/mol. The second-order valence-electron chi connectivity index (χ2n) is 6.69. The van der Waals surface area contributed by atoms with Crippen LogP contribution in [0.3, 0.4) is 0 Å². The highest BCUT2D eigenvalue weighted by molar-refractivity contribution is 5.92. The minimum atomic E-state index is -0.101. The molecule has 1 aliphatic rings. The van der Waals surface area contributed by atoms with E-state index in [1.54, 1.807) is 12.4 Å². The smallest absolute Gasteiger partial charge is 0.241 e. The third kappa shape index (κ3) is 8.35. The summed E-state index contributed by atoms with van der Waals surface area (Å²) in [6.07, 6.45) is 6.83. The van der Waals surface area contributed by atoms with Gasteiger partial charge in [0.25, 0.3) is 0 Å². The van der Waals surface area contributed by atoms with Crippen LogP contribution in [0.5, 0.6) is 0 Å². The number of nitrogens with zero attached hydrogens (tertiary/aromatic N) is 3. The van der Waals surface area contributed by atoms with E-state index in [0.717, 1.165) is 32.2 Å². The second-order valence-corrected chi connectivity index (χ2v) is 6.69. The Kier molecular flexibility index (Phi) is 11.5. The van der Waals surface area contributed by atoms with E-state index < -0.39 is 0 Å². The lowest BCUT2D eigenvalue weighted by Gasteiger charge is -2.25. The number of rotatable bonds is 7. The molecule has 2 rings (SSSR count). The highest BCUT2D eigenvalue weighted by atomic mass is 35.5. The van der Waals surface area contributed by atoms with Crippen molar-refractivity contribution in [2.45, 2.75) is 38.3 Å². The van der Waals surface area contributed by atoms with Gasteiger partial charge in [-0.05, 0) is 33.4 Å². The Bertz CT molecular complexity index is 567. The molecule has 1 aliphatic carbocycles. The molecule has 1 aromatic heterocycles. The first-order valence-corrected chi connectivity index (χ1v) is 8.44. The summed E-state index contributed by atoms with van der Waals surface area (Å²) in [5.74, 6) is -0.150. The molecule has 1 aromatic rings. The lowest BCUT2D eigenvalue weighted by atomic mass is 9.85. The molecule has 10 heteroatoms. The Morgan fingerprint density at radius 3 is 2.73 bits per heavy atom. The normalized spacial score (nSPS) is 19.2. The van der Waals surface area contributed by atoms with Gasteiger partial charge >= 0.3 is 0 Å². The first kappa shape index (κ1) is 24.7. The molecule has 2 unspecified atom stereocenters. The van der Waals surface area contributed by atoms with Crippen LogP contribution in [0.2, 0.25) is 0 Å². The summed E-state index contributed by atoms with van der Waals surface area (Å²) in [6.45, 7) is 1.52. The van der Waals surface area contributed by atoms with E-state index >= 15 is 0 Å². The molecule has 2 amide bonds. The van der Waals surface area contributed by atoms with E-state index in [4.69, 9.17) is 5.73 Å². The Hall–Kier alpha value is -1.35. The number of hydrogen-bond donors (Lipinski definition) is 3. The van der Waals surface area contributed by atoms with E-state index in [1.165, 1.54) is 4.68 Å². The molecular weight excluding hydrogens is 379 g/mol. The zero-order chi connectivity index (χ0) is 17.5. The summed E-state index contributed by atoms with van der Waals surface area (Å²) >= 11 is 0. The summed E-state index contributed by atoms with van der Waals surface area (Å²) in [4.78, 5) is 26.1. The maximum atomic E-state index is 12.3. The maximum absolute atomic E-state index is 12.3. The van der Waals surface area contributed by atoms with Gasteiger partial charge in [-0.25, -0.2) is 0 Å². The summed E-state index contributed by atoms with van der Waals surface area (Å²) in [5.41, 5.74) is 6.54. The molecule has 1 fully saturated rings. The highest BCUT2D eigenvalue weighted by Gasteiger charge is 2.25. The molecule has 1 heterocycles. The Morgan fingerprint density at radius 1 is 1.35 bits per heavy atom. The predicted octanol–water partition coefficient (Wildman–Crippen LogP) is 0.860. The van der Waals surface area contributed by atoms with Gasteiger partial charge in [-0.1, -0.05) is 6.42 Å². The fraction of sp³-hybridized carbons (Fsp3) is 0.688. The summed E-state index contributed by atoms with van der Waals surface area (Å²) in [7, 11) is 3.90. The number of aromatic nitrogens is 2. The number of anilines is 1. The number of halogens is 2. The Labute approximate surface area is 167 Å². The maximum Gasteiger partial charge on any atom is 0.241 e. The monoisotopic (exact) mass is 408 g/mol. The number of nitrogens with two attached hydrogens (primary N) is 1. The second kappa shape index (κ2) is 12.1. The van der Waals surface area contributed by atoms with Crippen molar-refractivity contribution in [3.8, 4) is 0 Å². The minimum absolute atomic E-state index is 0. The summed E-state index contributed by atoms with van der Waals surface area (Å²) in [5, 5.41) is 9.81. The van der Waals surface area contributed by atoms with Gasteiger partial charge in [0.15, 0.2) is 0 Å². The van der Waals surface area contributed by atoms with Crippen molar-refractivity contribution in [2.75, 3.05) is 32.5 Å². The van der Waals surface area contributed by atoms with Gasteiger partial charge in [0.1, 0.15) is 6.54 Å². The van der Waals surface area contributed by atoms with Crippen LogP contribution < -0.4 is 16.4 Å². The van der Waals surface area contributed by atoms with Gasteiger partial charge in [-0.3, -0.25) is 14.3 Å². The van der Waals surface area contributed by atoms with Gasteiger partial charge in [-0.15, -0.1) is 24.8 Å². The van der Waals surface area contributed by atoms with Crippen LogP contribution in [0, 0.1) is 5.92 Å². The Balaban J connectivity index is 0.00000312. The van der Waals surface area contributed by atoms with Gasteiger partial charge in [0, 0.05) is 31.2 Å². The van der Waals surface area contributed by atoms with Crippen molar-refractivity contribution >= 4 is 42.3 Å². The van der Waals surface area contributed by atoms with Crippen LogP contribution in [0.15, 0.2) is 12.4 Å². The minimum Gasteiger partial charge on any atom is -0.353 e. The van der Waals surface area contributed by atoms with Gasteiger partial charge in [0.2, 0.25) is 11.8 Å². The molecule has 150 valence electrons. The molecule has 0 radical (unpaired) electrons. The van der Waals surface area contributed by atoms with Crippen molar-refractivity contribution in [1.29, 1.82) is 0 Å². The number of likely N-dealkylation sites (N-methyl/N-ethyl adjacent to an activating group) is 1. The molecule has 8 nitrogen and oxygen atoms in total. The van der Waals surface area contributed by atoms with Crippen molar-refractivity contribution in [3.05, 3.63) is 12.4 Å². The molecular formula is C16H30Cl2N6O2. The highest BCUT2D eigenvalue weighted by Crippen LogP contribution is 2.24. The largest absolute Gasteiger partial charge is 0.353 e. The predicted molar refractivity (Wildman–Crippen MR) is 107 cm³/mol. The van der Waals surface area contributed by atoms with E-state index in [-0.39, 0.29) is 55.1 Å². The van der Waals surface area contributed by atoms with Crippen LogP contribution in [-0.2, 0) is 16.1 Å². The van der Waals surface area contributed by atoms with Gasteiger partial charge in [-0.2, -0.15) is 5.10 Å². The number of hydrogen-bond acceptors (Lipinski definition) is 5. The van der Waals surface area contributed by atoms with E-state index in [1.807, 2.05) is 19.0 Å².